The summed E-state index contributed by atoms with van der Waals surface area (Å²) in [6, 6.07) is 0. The zero-order valence-corrected chi connectivity index (χ0v) is 20.8. The third-order valence-corrected chi connectivity index (χ3v) is 8.72. The minimum absolute atomic E-state index is 0.530. The first-order valence-corrected chi connectivity index (χ1v) is 13.6. The van der Waals surface area contributed by atoms with E-state index < -0.39 is 70.4 Å². The molecule has 0 radical (unpaired) electrons. The van der Waals surface area contributed by atoms with Crippen LogP contribution in [0, 0.1) is 17.7 Å². The summed E-state index contributed by atoms with van der Waals surface area (Å²) in [5.74, 6) is 2.94. The van der Waals surface area contributed by atoms with E-state index in [0.717, 1.165) is 13.8 Å². The van der Waals surface area contributed by atoms with Crippen molar-refractivity contribution in [2.45, 2.75) is 50.3 Å². The van der Waals surface area contributed by atoms with Gasteiger partial charge in [0.25, 0.3) is 0 Å². The summed E-state index contributed by atoms with van der Waals surface area (Å²) in [6.07, 6.45) is -4.91. The predicted molar refractivity (Wildman–Crippen MR) is 112 cm³/mol. The van der Waals surface area contributed by atoms with Crippen LogP contribution in [-0.2, 0) is 31.6 Å². The third kappa shape index (κ3) is 6.43. The second-order valence-corrected chi connectivity index (χ2v) is 11.7. The van der Waals surface area contributed by atoms with E-state index in [-0.39, 0.29) is 0 Å². The number of phosphoric acid groups is 3. The molecule has 1 aromatic rings. The summed E-state index contributed by atoms with van der Waals surface area (Å²) in [5.41, 5.74) is 5.98. The van der Waals surface area contributed by atoms with Crippen molar-refractivity contribution in [3.05, 3.63) is 22.5 Å². The van der Waals surface area contributed by atoms with Crippen LogP contribution in [0.5, 0.6) is 0 Å². The van der Waals surface area contributed by atoms with Crippen LogP contribution in [0.1, 0.15) is 27.0 Å². The van der Waals surface area contributed by atoms with E-state index in [1.54, 1.807) is 0 Å². The van der Waals surface area contributed by atoms with E-state index in [4.69, 9.17) is 30.5 Å². The Bertz CT molecular complexity index is 1260. The quantitative estimate of drug-likeness (QED) is 0.148. The van der Waals surface area contributed by atoms with E-state index in [9.17, 15) is 37.8 Å². The molecule has 0 saturated carbocycles. The Kier molecular flexibility index (Phi) is 8.25. The summed E-state index contributed by atoms with van der Waals surface area (Å²) in [6.45, 7) is 3.40. The number of anilines is 1. The molecule has 5 unspecified atom stereocenters. The molecule has 1 saturated heterocycles. The largest absolute Gasteiger partial charge is 0.490 e. The molecular weight excluding hydrogens is 544 g/mol. The number of ether oxygens (including phenoxy) is 1. The van der Waals surface area contributed by atoms with E-state index in [1.807, 2.05) is 0 Å². The van der Waals surface area contributed by atoms with Crippen LogP contribution in [0.4, 0.5) is 10.2 Å². The van der Waals surface area contributed by atoms with E-state index >= 15 is 0 Å². The molecule has 9 N–H and O–H groups in total. The molecule has 1 aromatic heterocycles. The van der Waals surface area contributed by atoms with Gasteiger partial charge in [0, 0.05) is 0 Å². The lowest BCUT2D eigenvalue weighted by atomic mass is 9.82. The normalized spacial score (nSPS) is 31.1. The molecule has 2 heterocycles. The monoisotopic (exact) mass is 566 g/mol. The number of aliphatic hydroxyl groups is 1. The summed E-state index contributed by atoms with van der Waals surface area (Å²) < 4.78 is 66.7. The molecule has 0 bridgehead atoms. The first-order chi connectivity index (χ1) is 15.7. The average molecular weight is 566 g/mol. The second kappa shape index (κ2) is 9.73. The summed E-state index contributed by atoms with van der Waals surface area (Å²) in [4.78, 5) is 51.9. The minimum Gasteiger partial charge on any atom is -0.387 e. The molecule has 0 aromatic carbocycles. The first kappa shape index (κ1) is 29.7. The fourth-order valence-corrected chi connectivity index (χ4v) is 6.46. The Morgan fingerprint density at radius 3 is 2.34 bits per heavy atom. The SMILES string of the molecule is CC#CC1(N)C(O)C(C)([C@@H](C)OP(=O)(O)OP(=O)(O)OP(=O)(O)O)O[C@H]1n1cc(F)c(N)nc1=O. The predicted octanol–water partition coefficient (Wildman–Crippen LogP) is -0.934. The van der Waals surface area contributed by atoms with Crippen LogP contribution in [-0.4, -0.2) is 57.6 Å². The fraction of sp³-hybridized carbons (Fsp3) is 0.571. The molecule has 1 fully saturated rings. The highest BCUT2D eigenvalue weighted by atomic mass is 31.3. The Balaban J connectivity index is 2.44. The average Bonchev–Trinajstić information content (AvgIpc) is 2.84. The standard InChI is InChI=1S/C14H22FN4O13P3/c1-4-5-14(17)10(20)13(3,29-11(14)19-6-8(15)9(16)18-12(19)21)7(2)30-34(25,26)32-35(27,28)31-33(22,23)24/h6-7,10-11,20H,17H2,1-3H3,(H,25,26)(H,27,28)(H2,16,18,21)(H2,22,23,24)/t7-,10?,11-,13?,14?/m1/s1. The van der Waals surface area contributed by atoms with E-state index in [0.29, 0.717) is 10.8 Å². The molecule has 17 nitrogen and oxygen atoms in total. The number of rotatable bonds is 8. The van der Waals surface area contributed by atoms with Crippen molar-refractivity contribution in [2.24, 2.45) is 5.73 Å². The third-order valence-electron chi connectivity index (χ3n) is 4.81. The summed E-state index contributed by atoms with van der Waals surface area (Å²) >= 11 is 0. The van der Waals surface area contributed by atoms with Crippen molar-refractivity contribution < 1.29 is 60.6 Å². The van der Waals surface area contributed by atoms with Crippen LogP contribution in [0.25, 0.3) is 0 Å². The number of nitrogens with two attached hydrogens (primary N) is 2. The van der Waals surface area contributed by atoms with Crippen LogP contribution in [0.2, 0.25) is 0 Å². The van der Waals surface area contributed by atoms with Gasteiger partial charge in [-0.05, 0) is 20.8 Å². The highest BCUT2D eigenvalue weighted by Gasteiger charge is 2.64. The van der Waals surface area contributed by atoms with Gasteiger partial charge in [0.05, 0.1) is 12.3 Å². The lowest BCUT2D eigenvalue weighted by Crippen LogP contribution is -2.59. The zero-order chi connectivity index (χ0) is 27.2. The molecule has 21 heteroatoms. The molecule has 0 spiro atoms. The number of nitrogen functional groups attached to an aromatic ring is 1. The lowest BCUT2D eigenvalue weighted by molar-refractivity contribution is -0.144. The van der Waals surface area contributed by atoms with Gasteiger partial charge in [0.1, 0.15) is 11.7 Å². The summed E-state index contributed by atoms with van der Waals surface area (Å²) in [7, 11) is -17.1. The molecule has 0 aliphatic carbocycles. The number of hydrogen-bond donors (Lipinski definition) is 7. The Labute approximate surface area is 196 Å². The minimum atomic E-state index is -5.83. The van der Waals surface area contributed by atoms with Gasteiger partial charge in [0.15, 0.2) is 23.4 Å². The van der Waals surface area contributed by atoms with Crippen molar-refractivity contribution >= 4 is 29.3 Å². The highest BCUT2D eigenvalue weighted by molar-refractivity contribution is 7.66. The van der Waals surface area contributed by atoms with Crippen molar-refractivity contribution in [1.82, 2.24) is 9.55 Å². The molecule has 1 aliphatic heterocycles. The van der Waals surface area contributed by atoms with Gasteiger partial charge < -0.3 is 40.9 Å². The zero-order valence-electron chi connectivity index (χ0n) is 18.1. The highest BCUT2D eigenvalue weighted by Crippen LogP contribution is 2.67. The number of aliphatic hydroxyl groups excluding tert-OH is 1. The van der Waals surface area contributed by atoms with Gasteiger partial charge >= 0.3 is 29.2 Å². The molecule has 2 rings (SSSR count). The van der Waals surface area contributed by atoms with Gasteiger partial charge in [0.2, 0.25) is 0 Å². The Morgan fingerprint density at radius 1 is 1.26 bits per heavy atom. The number of halogens is 1. The number of hydrogen-bond acceptors (Lipinski definition) is 12. The van der Waals surface area contributed by atoms with Crippen LogP contribution < -0.4 is 17.2 Å². The van der Waals surface area contributed by atoms with Crippen molar-refractivity contribution in [3.63, 3.8) is 0 Å². The maximum Gasteiger partial charge on any atom is 0.490 e. The van der Waals surface area contributed by atoms with Crippen LogP contribution in [0.15, 0.2) is 11.0 Å². The lowest BCUT2D eigenvalue weighted by Gasteiger charge is -2.35. The molecule has 35 heavy (non-hydrogen) atoms. The number of aromatic nitrogens is 2. The number of phosphoric ester groups is 1. The molecule has 198 valence electrons. The van der Waals surface area contributed by atoms with Crippen LogP contribution >= 0.6 is 23.5 Å². The van der Waals surface area contributed by atoms with Crippen molar-refractivity contribution in [2.75, 3.05) is 5.73 Å². The molecule has 7 atom stereocenters. The Morgan fingerprint density at radius 2 is 1.83 bits per heavy atom. The first-order valence-electron chi connectivity index (χ1n) is 9.12. The number of nitrogens with zero attached hydrogens (tertiary/aromatic N) is 2. The maximum atomic E-state index is 14.0. The van der Waals surface area contributed by atoms with E-state index in [2.05, 4.69) is 25.4 Å². The Hall–Kier alpha value is -1.54. The van der Waals surface area contributed by atoms with E-state index in [1.165, 1.54) is 6.92 Å². The van der Waals surface area contributed by atoms with Gasteiger partial charge in [-0.1, -0.05) is 5.92 Å². The second-order valence-electron chi connectivity index (χ2n) is 7.37. The van der Waals surface area contributed by atoms with Crippen molar-refractivity contribution in [1.29, 1.82) is 0 Å². The smallest absolute Gasteiger partial charge is 0.387 e. The van der Waals surface area contributed by atoms with Gasteiger partial charge in [-0.2, -0.15) is 13.6 Å². The van der Waals surface area contributed by atoms with Gasteiger partial charge in [-0.15, -0.1) is 5.92 Å². The molecule has 1 aliphatic rings. The van der Waals surface area contributed by atoms with Crippen LogP contribution in [0.3, 0.4) is 0 Å². The van der Waals surface area contributed by atoms with Gasteiger partial charge in [-0.25, -0.2) is 22.9 Å². The fourth-order valence-electron chi connectivity index (χ4n) is 3.19. The van der Waals surface area contributed by atoms with Gasteiger partial charge in [-0.3, -0.25) is 9.09 Å². The summed E-state index contributed by atoms with van der Waals surface area (Å²) in [5, 5.41) is 11.0. The topological polar surface area (TPSA) is 276 Å². The van der Waals surface area contributed by atoms with Crippen molar-refractivity contribution in [3.8, 4) is 11.8 Å². The molecule has 0 amide bonds. The molecular formula is C14H22FN4O13P3. The maximum absolute atomic E-state index is 14.0.